The smallest absolute Gasteiger partial charge is 0.141 e. The average molecular weight is 222 g/mol. The Hall–Kier alpha value is -0.830. The molecule has 0 saturated heterocycles. The van der Waals surface area contributed by atoms with Crippen molar-refractivity contribution in [1.82, 2.24) is 9.55 Å². The van der Waals surface area contributed by atoms with E-state index >= 15 is 0 Å². The van der Waals surface area contributed by atoms with Crippen LogP contribution in [0.1, 0.15) is 45.9 Å². The van der Waals surface area contributed by atoms with E-state index in [1.807, 2.05) is 6.20 Å². The molecule has 1 N–H and O–H groups in total. The van der Waals surface area contributed by atoms with Gasteiger partial charge in [-0.05, 0) is 38.0 Å². The third kappa shape index (κ3) is 1.77. The van der Waals surface area contributed by atoms with E-state index in [1.165, 1.54) is 0 Å². The minimum Gasteiger partial charge on any atom is -0.382 e. The third-order valence-corrected chi connectivity index (χ3v) is 4.03. The van der Waals surface area contributed by atoms with Crippen molar-refractivity contribution in [2.24, 2.45) is 11.8 Å². The van der Waals surface area contributed by atoms with Gasteiger partial charge in [-0.3, -0.25) is 0 Å². The van der Waals surface area contributed by atoms with E-state index < -0.39 is 5.60 Å². The maximum absolute atomic E-state index is 10.8. The molecule has 0 aliphatic heterocycles. The molecule has 3 heteroatoms. The summed E-state index contributed by atoms with van der Waals surface area (Å²) in [7, 11) is 0. The van der Waals surface area contributed by atoms with Crippen LogP contribution in [0.15, 0.2) is 12.4 Å². The van der Waals surface area contributed by atoms with Crippen molar-refractivity contribution in [3.63, 3.8) is 0 Å². The molecule has 1 heterocycles. The van der Waals surface area contributed by atoms with Gasteiger partial charge in [-0.1, -0.05) is 13.8 Å². The number of nitrogens with zero attached hydrogens (tertiary/aromatic N) is 2. The van der Waals surface area contributed by atoms with Crippen LogP contribution in [0.25, 0.3) is 0 Å². The van der Waals surface area contributed by atoms with Crippen LogP contribution in [0.3, 0.4) is 0 Å². The van der Waals surface area contributed by atoms with Crippen LogP contribution in [0, 0.1) is 11.8 Å². The molecule has 0 bridgehead atoms. The summed E-state index contributed by atoms with van der Waals surface area (Å²) in [6.45, 7) is 7.37. The van der Waals surface area contributed by atoms with Gasteiger partial charge in [0.2, 0.25) is 0 Å². The normalized spacial score (nSPS) is 35.2. The lowest BCUT2D eigenvalue weighted by Gasteiger charge is -2.40. The number of aromatic nitrogens is 2. The van der Waals surface area contributed by atoms with Crippen molar-refractivity contribution in [3.05, 3.63) is 18.2 Å². The van der Waals surface area contributed by atoms with E-state index in [1.54, 1.807) is 6.20 Å². The highest BCUT2D eigenvalue weighted by Crippen LogP contribution is 2.42. The summed E-state index contributed by atoms with van der Waals surface area (Å²) in [4.78, 5) is 4.37. The van der Waals surface area contributed by atoms with Crippen LogP contribution >= 0.6 is 0 Å². The largest absolute Gasteiger partial charge is 0.382 e. The van der Waals surface area contributed by atoms with Gasteiger partial charge in [0.25, 0.3) is 0 Å². The highest BCUT2D eigenvalue weighted by Gasteiger charge is 2.42. The molecular formula is C13H22N2O. The maximum atomic E-state index is 10.8. The molecule has 0 spiro atoms. The van der Waals surface area contributed by atoms with Crippen molar-refractivity contribution in [1.29, 1.82) is 0 Å². The number of aliphatic hydroxyl groups is 1. The first-order chi connectivity index (χ1) is 7.58. The first kappa shape index (κ1) is 11.6. The van der Waals surface area contributed by atoms with Crippen molar-refractivity contribution in [2.75, 3.05) is 0 Å². The van der Waals surface area contributed by atoms with E-state index in [2.05, 4.69) is 30.3 Å². The summed E-state index contributed by atoms with van der Waals surface area (Å²) in [5, 5.41) is 10.8. The predicted octanol–water partition coefficient (Wildman–Crippen LogP) is 2.55. The third-order valence-electron chi connectivity index (χ3n) is 4.03. The zero-order chi connectivity index (χ0) is 11.8. The topological polar surface area (TPSA) is 38.0 Å². The van der Waals surface area contributed by atoms with Crippen LogP contribution in [0.4, 0.5) is 0 Å². The Morgan fingerprint density at radius 1 is 1.56 bits per heavy atom. The molecule has 3 unspecified atom stereocenters. The molecule has 1 fully saturated rings. The lowest BCUT2D eigenvalue weighted by atomic mass is 9.72. The molecule has 1 saturated carbocycles. The lowest BCUT2D eigenvalue weighted by Crippen LogP contribution is -2.40. The average Bonchev–Trinajstić information content (AvgIpc) is 2.72. The van der Waals surface area contributed by atoms with Crippen LogP contribution in [-0.4, -0.2) is 14.7 Å². The second-order valence-corrected chi connectivity index (χ2v) is 5.24. The highest BCUT2D eigenvalue weighted by molar-refractivity contribution is 5.08. The van der Waals surface area contributed by atoms with Gasteiger partial charge in [-0.2, -0.15) is 0 Å². The number of aryl methyl sites for hydroxylation is 1. The molecule has 2 rings (SSSR count). The van der Waals surface area contributed by atoms with Gasteiger partial charge in [-0.15, -0.1) is 0 Å². The number of rotatable bonds is 2. The summed E-state index contributed by atoms with van der Waals surface area (Å²) in [5.41, 5.74) is -0.716. The van der Waals surface area contributed by atoms with E-state index in [9.17, 15) is 5.11 Å². The van der Waals surface area contributed by atoms with Gasteiger partial charge in [0.15, 0.2) is 0 Å². The molecule has 0 amide bonds. The Labute approximate surface area is 97.5 Å². The van der Waals surface area contributed by atoms with Crippen LogP contribution in [0.2, 0.25) is 0 Å². The molecular weight excluding hydrogens is 200 g/mol. The Morgan fingerprint density at radius 3 is 2.94 bits per heavy atom. The Balaban J connectivity index is 2.31. The van der Waals surface area contributed by atoms with Gasteiger partial charge < -0.3 is 9.67 Å². The Kier molecular flexibility index (Phi) is 3.06. The molecule has 1 aromatic heterocycles. The van der Waals surface area contributed by atoms with E-state index in [0.717, 1.165) is 37.5 Å². The van der Waals surface area contributed by atoms with Crippen LogP contribution < -0.4 is 0 Å². The van der Waals surface area contributed by atoms with Crippen molar-refractivity contribution in [2.45, 2.75) is 52.2 Å². The first-order valence-corrected chi connectivity index (χ1v) is 6.32. The molecule has 0 aromatic carbocycles. The van der Waals surface area contributed by atoms with E-state index in [4.69, 9.17) is 0 Å². The summed E-state index contributed by atoms with van der Waals surface area (Å²) in [5.74, 6) is 1.87. The standard InChI is InChI=1S/C13H22N2O/c1-4-15-8-7-14-12(15)13(16)6-5-10(2)9-11(13)3/h7-8,10-11,16H,4-6,9H2,1-3H3. The zero-order valence-corrected chi connectivity index (χ0v) is 10.5. The van der Waals surface area contributed by atoms with Crippen molar-refractivity contribution >= 4 is 0 Å². The fourth-order valence-corrected chi connectivity index (χ4v) is 2.91. The molecule has 3 nitrogen and oxygen atoms in total. The molecule has 1 aliphatic rings. The Bertz CT molecular complexity index is 361. The second kappa shape index (κ2) is 4.21. The van der Waals surface area contributed by atoms with Gasteiger partial charge in [0, 0.05) is 18.9 Å². The van der Waals surface area contributed by atoms with Gasteiger partial charge in [0.05, 0.1) is 0 Å². The van der Waals surface area contributed by atoms with Crippen LogP contribution in [-0.2, 0) is 12.1 Å². The van der Waals surface area contributed by atoms with E-state index in [0.29, 0.717) is 5.92 Å². The van der Waals surface area contributed by atoms with Crippen LogP contribution in [0.5, 0.6) is 0 Å². The molecule has 1 aliphatic carbocycles. The van der Waals surface area contributed by atoms with Crippen molar-refractivity contribution in [3.8, 4) is 0 Å². The monoisotopic (exact) mass is 222 g/mol. The molecule has 0 radical (unpaired) electrons. The molecule has 16 heavy (non-hydrogen) atoms. The zero-order valence-electron chi connectivity index (χ0n) is 10.5. The summed E-state index contributed by atoms with van der Waals surface area (Å²) < 4.78 is 2.06. The summed E-state index contributed by atoms with van der Waals surface area (Å²) >= 11 is 0. The summed E-state index contributed by atoms with van der Waals surface area (Å²) in [6.07, 6.45) is 6.77. The highest BCUT2D eigenvalue weighted by atomic mass is 16.3. The number of imidazole rings is 1. The molecule has 1 aromatic rings. The quantitative estimate of drug-likeness (QED) is 0.835. The second-order valence-electron chi connectivity index (χ2n) is 5.24. The molecule has 90 valence electrons. The fourth-order valence-electron chi connectivity index (χ4n) is 2.91. The van der Waals surface area contributed by atoms with E-state index in [-0.39, 0.29) is 0 Å². The van der Waals surface area contributed by atoms with Gasteiger partial charge in [0.1, 0.15) is 11.4 Å². The number of hydrogen-bond acceptors (Lipinski definition) is 2. The number of hydrogen-bond donors (Lipinski definition) is 1. The minimum absolute atomic E-state index is 0.295. The molecule has 3 atom stereocenters. The van der Waals surface area contributed by atoms with Gasteiger partial charge in [-0.25, -0.2) is 4.98 Å². The van der Waals surface area contributed by atoms with Crippen molar-refractivity contribution < 1.29 is 5.11 Å². The summed E-state index contributed by atoms with van der Waals surface area (Å²) in [6, 6.07) is 0. The Morgan fingerprint density at radius 2 is 2.31 bits per heavy atom. The predicted molar refractivity (Wildman–Crippen MR) is 64.0 cm³/mol. The first-order valence-electron chi connectivity index (χ1n) is 6.32. The SMILES string of the molecule is CCn1ccnc1C1(O)CCC(C)CC1C. The lowest BCUT2D eigenvalue weighted by molar-refractivity contribution is -0.0681. The maximum Gasteiger partial charge on any atom is 0.141 e. The minimum atomic E-state index is -0.716. The fraction of sp³-hybridized carbons (Fsp3) is 0.769. The van der Waals surface area contributed by atoms with Gasteiger partial charge >= 0.3 is 0 Å².